The first-order chi connectivity index (χ1) is 11.2. The van der Waals surface area contributed by atoms with Crippen molar-refractivity contribution in [2.45, 2.75) is 38.8 Å². The molecule has 1 atom stereocenters. The molecule has 1 aromatic carbocycles. The number of aryl methyl sites for hydroxylation is 2. The van der Waals surface area contributed by atoms with Crippen LogP contribution in [-0.4, -0.2) is 22.9 Å². The molecule has 0 saturated carbocycles. The Balaban J connectivity index is 1.64. The van der Waals surface area contributed by atoms with Crippen LogP contribution >= 0.6 is 0 Å². The number of methoxy groups -OCH3 is 1. The van der Waals surface area contributed by atoms with Gasteiger partial charge in [0.15, 0.2) is 5.82 Å². The van der Waals surface area contributed by atoms with Gasteiger partial charge in [0.2, 0.25) is 0 Å². The van der Waals surface area contributed by atoms with Gasteiger partial charge in [0.05, 0.1) is 6.10 Å². The third-order valence-electron chi connectivity index (χ3n) is 4.13. The maximum Gasteiger partial charge on any atom is 0.324 e. The number of hydrogen-bond donors (Lipinski definition) is 2. The van der Waals surface area contributed by atoms with Crippen LogP contribution in [0.15, 0.2) is 30.3 Å². The average molecular weight is 314 g/mol. The van der Waals surface area contributed by atoms with Crippen LogP contribution in [0.25, 0.3) is 0 Å². The Morgan fingerprint density at radius 1 is 1.30 bits per heavy atom. The second-order valence-corrected chi connectivity index (χ2v) is 5.78. The molecule has 0 radical (unpaired) electrons. The fourth-order valence-corrected chi connectivity index (χ4v) is 2.76. The van der Waals surface area contributed by atoms with Crippen molar-refractivity contribution >= 4 is 17.5 Å². The molecule has 6 nitrogen and oxygen atoms in total. The standard InChI is InChI=1S/C17H22N4O2/c1-12(23-2)13-6-5-7-14(10-13)18-17(22)19-16-11-15-8-3-4-9-21(15)20-16/h5-7,10-12H,3-4,8-9H2,1-2H3,(H2,18,19,20,22)/t12-/m1/s1. The largest absolute Gasteiger partial charge is 0.377 e. The van der Waals surface area contributed by atoms with Crippen molar-refractivity contribution in [2.24, 2.45) is 0 Å². The van der Waals surface area contributed by atoms with Gasteiger partial charge in [0.1, 0.15) is 0 Å². The molecule has 0 bridgehead atoms. The second kappa shape index (κ2) is 6.83. The lowest BCUT2D eigenvalue weighted by Gasteiger charge is -2.12. The number of amides is 2. The van der Waals surface area contributed by atoms with E-state index in [1.807, 2.05) is 41.9 Å². The summed E-state index contributed by atoms with van der Waals surface area (Å²) in [6.07, 6.45) is 3.33. The molecule has 2 aromatic rings. The maximum absolute atomic E-state index is 12.1. The molecule has 0 unspecified atom stereocenters. The molecule has 2 N–H and O–H groups in total. The van der Waals surface area contributed by atoms with Gasteiger partial charge in [0.25, 0.3) is 0 Å². The number of urea groups is 1. The van der Waals surface area contributed by atoms with Crippen molar-refractivity contribution in [1.82, 2.24) is 9.78 Å². The predicted molar refractivity (Wildman–Crippen MR) is 89.7 cm³/mol. The Morgan fingerprint density at radius 2 is 2.17 bits per heavy atom. The van der Waals surface area contributed by atoms with Crippen molar-refractivity contribution in [1.29, 1.82) is 0 Å². The minimum atomic E-state index is -0.289. The summed E-state index contributed by atoms with van der Waals surface area (Å²) >= 11 is 0. The maximum atomic E-state index is 12.1. The van der Waals surface area contributed by atoms with Crippen LogP contribution in [0.1, 0.15) is 37.1 Å². The van der Waals surface area contributed by atoms with E-state index in [-0.39, 0.29) is 12.1 Å². The third-order valence-corrected chi connectivity index (χ3v) is 4.13. The van der Waals surface area contributed by atoms with Gasteiger partial charge in [-0.05, 0) is 43.9 Å². The number of hydrogen-bond acceptors (Lipinski definition) is 3. The smallest absolute Gasteiger partial charge is 0.324 e. The van der Waals surface area contributed by atoms with E-state index in [2.05, 4.69) is 15.7 Å². The highest BCUT2D eigenvalue weighted by atomic mass is 16.5. The van der Waals surface area contributed by atoms with Gasteiger partial charge in [-0.3, -0.25) is 10.00 Å². The number of rotatable bonds is 4. The number of carbonyl (C=O) groups is 1. The summed E-state index contributed by atoms with van der Waals surface area (Å²) in [5.41, 5.74) is 2.93. The molecule has 122 valence electrons. The predicted octanol–water partition coefficient (Wildman–Crippen LogP) is 3.57. The van der Waals surface area contributed by atoms with Gasteiger partial charge < -0.3 is 10.1 Å². The molecule has 1 aliphatic heterocycles. The van der Waals surface area contributed by atoms with Crippen LogP contribution in [0.2, 0.25) is 0 Å². The molecule has 0 spiro atoms. The molecule has 0 saturated heterocycles. The van der Waals surface area contributed by atoms with E-state index in [4.69, 9.17) is 4.74 Å². The van der Waals surface area contributed by atoms with Gasteiger partial charge in [-0.2, -0.15) is 5.10 Å². The van der Waals surface area contributed by atoms with Crippen LogP contribution in [0.4, 0.5) is 16.3 Å². The molecule has 0 fully saturated rings. The van der Waals surface area contributed by atoms with Crippen LogP contribution in [0.3, 0.4) is 0 Å². The van der Waals surface area contributed by atoms with Gasteiger partial charge in [-0.15, -0.1) is 0 Å². The molecule has 6 heteroatoms. The number of anilines is 2. The second-order valence-electron chi connectivity index (χ2n) is 5.78. The lowest BCUT2D eigenvalue weighted by molar-refractivity contribution is 0.119. The number of nitrogens with zero attached hydrogens (tertiary/aromatic N) is 2. The monoisotopic (exact) mass is 314 g/mol. The first-order valence-corrected chi connectivity index (χ1v) is 7.93. The molecule has 3 rings (SSSR count). The van der Waals surface area contributed by atoms with E-state index in [0.29, 0.717) is 5.82 Å². The van der Waals surface area contributed by atoms with E-state index in [1.54, 1.807) is 7.11 Å². The number of fused-ring (bicyclic) bond motifs is 1. The molecule has 23 heavy (non-hydrogen) atoms. The molecule has 0 aliphatic carbocycles. The summed E-state index contributed by atoms with van der Waals surface area (Å²) < 4.78 is 7.27. The Labute approximate surface area is 135 Å². The average Bonchev–Trinajstić information content (AvgIpc) is 2.96. The number of nitrogens with one attached hydrogen (secondary N) is 2. The van der Waals surface area contributed by atoms with Crippen LogP contribution in [0, 0.1) is 0 Å². The zero-order valence-electron chi connectivity index (χ0n) is 13.5. The topological polar surface area (TPSA) is 68.2 Å². The summed E-state index contributed by atoms with van der Waals surface area (Å²) in [7, 11) is 1.66. The van der Waals surface area contributed by atoms with Gasteiger partial charge in [-0.25, -0.2) is 4.79 Å². The minimum Gasteiger partial charge on any atom is -0.377 e. The van der Waals surface area contributed by atoms with E-state index in [0.717, 1.165) is 30.6 Å². The Hall–Kier alpha value is -2.34. The number of ether oxygens (including phenoxy) is 1. The van der Waals surface area contributed by atoms with Crippen molar-refractivity contribution in [3.63, 3.8) is 0 Å². The Morgan fingerprint density at radius 3 is 2.96 bits per heavy atom. The Bertz CT molecular complexity index is 672. The zero-order valence-corrected chi connectivity index (χ0v) is 13.5. The number of aromatic nitrogens is 2. The zero-order chi connectivity index (χ0) is 16.2. The SMILES string of the molecule is CO[C@H](C)c1cccc(NC(=O)Nc2cc3n(n2)CCCC3)c1. The van der Waals surface area contributed by atoms with Crippen LogP contribution in [0.5, 0.6) is 0 Å². The highest BCUT2D eigenvalue weighted by molar-refractivity contribution is 5.99. The first kappa shape index (κ1) is 15.6. The van der Waals surface area contributed by atoms with Crippen LogP contribution < -0.4 is 10.6 Å². The Kier molecular flexibility index (Phi) is 4.62. The lowest BCUT2D eigenvalue weighted by Crippen LogP contribution is -2.20. The summed E-state index contributed by atoms with van der Waals surface area (Å²) in [4.78, 5) is 12.1. The molecule has 2 heterocycles. The summed E-state index contributed by atoms with van der Waals surface area (Å²) in [6.45, 7) is 2.89. The highest BCUT2D eigenvalue weighted by Gasteiger charge is 2.14. The van der Waals surface area contributed by atoms with Crippen molar-refractivity contribution < 1.29 is 9.53 Å². The van der Waals surface area contributed by atoms with Gasteiger partial charge in [-0.1, -0.05) is 12.1 Å². The fourth-order valence-electron chi connectivity index (χ4n) is 2.76. The minimum absolute atomic E-state index is 0.0142. The highest BCUT2D eigenvalue weighted by Crippen LogP contribution is 2.20. The van der Waals surface area contributed by atoms with E-state index >= 15 is 0 Å². The summed E-state index contributed by atoms with van der Waals surface area (Å²) in [5, 5.41) is 10.0. The fraction of sp³-hybridized carbons (Fsp3) is 0.412. The molecule has 1 aliphatic rings. The molecule has 1 aromatic heterocycles. The van der Waals surface area contributed by atoms with Crippen LogP contribution in [-0.2, 0) is 17.7 Å². The van der Waals surface area contributed by atoms with E-state index in [1.165, 1.54) is 12.1 Å². The molecular weight excluding hydrogens is 292 g/mol. The van der Waals surface area contributed by atoms with E-state index in [9.17, 15) is 4.79 Å². The number of benzene rings is 1. The van der Waals surface area contributed by atoms with Crippen molar-refractivity contribution in [3.05, 3.63) is 41.6 Å². The summed E-state index contributed by atoms with van der Waals surface area (Å²) in [5.74, 6) is 0.598. The van der Waals surface area contributed by atoms with Gasteiger partial charge in [0, 0.05) is 31.1 Å². The van der Waals surface area contributed by atoms with Crippen molar-refractivity contribution in [3.8, 4) is 0 Å². The quantitative estimate of drug-likeness (QED) is 0.906. The normalized spacial score (nSPS) is 14.9. The lowest BCUT2D eigenvalue weighted by atomic mass is 10.1. The van der Waals surface area contributed by atoms with Gasteiger partial charge >= 0.3 is 6.03 Å². The summed E-state index contributed by atoms with van der Waals surface area (Å²) in [6, 6.07) is 9.29. The third kappa shape index (κ3) is 3.71. The van der Waals surface area contributed by atoms with E-state index < -0.39 is 0 Å². The van der Waals surface area contributed by atoms with Crippen molar-refractivity contribution in [2.75, 3.05) is 17.7 Å². The molecule has 2 amide bonds. The first-order valence-electron chi connectivity index (χ1n) is 7.93. The number of carbonyl (C=O) groups excluding carboxylic acids is 1. The molecular formula is C17H22N4O2.